The third kappa shape index (κ3) is 2.76. The van der Waals surface area contributed by atoms with Crippen molar-refractivity contribution in [3.8, 4) is 0 Å². The van der Waals surface area contributed by atoms with Crippen LogP contribution >= 0.6 is 0 Å². The van der Waals surface area contributed by atoms with Gasteiger partial charge in [0, 0.05) is 37.8 Å². The normalized spacial score (nSPS) is 16.8. The second-order valence-corrected chi connectivity index (χ2v) is 5.08. The molecule has 20 heavy (non-hydrogen) atoms. The van der Waals surface area contributed by atoms with Crippen LogP contribution in [0.2, 0.25) is 0 Å². The molecule has 1 aliphatic rings. The van der Waals surface area contributed by atoms with Crippen molar-refractivity contribution in [3.05, 3.63) is 34.8 Å². The van der Waals surface area contributed by atoms with Crippen LogP contribution in [-0.2, 0) is 11.2 Å². The van der Waals surface area contributed by atoms with Crippen molar-refractivity contribution in [3.63, 3.8) is 0 Å². The number of aromatic amines is 1. The molecule has 0 aromatic carbocycles. The van der Waals surface area contributed by atoms with Gasteiger partial charge < -0.3 is 14.6 Å². The van der Waals surface area contributed by atoms with E-state index in [1.807, 2.05) is 25.2 Å². The smallest absolute Gasteiger partial charge is 0.340 e. The summed E-state index contributed by atoms with van der Waals surface area (Å²) in [5.74, 6) is -0.514. The fourth-order valence-corrected chi connectivity index (χ4v) is 2.46. The van der Waals surface area contributed by atoms with Gasteiger partial charge in [-0.3, -0.25) is 4.79 Å². The van der Waals surface area contributed by atoms with Gasteiger partial charge in [-0.1, -0.05) is 0 Å². The molecule has 0 saturated carbocycles. The molecule has 0 fully saturated rings. The molecule has 1 aromatic rings. The average molecular weight is 276 g/mol. The van der Waals surface area contributed by atoms with E-state index < -0.39 is 5.97 Å². The SMILES string of the molecule is CCOC(=O)c1c[nH]c2c1C(=O)/C(=C/N(C)C)CCC2. The number of esters is 1. The van der Waals surface area contributed by atoms with Gasteiger partial charge in [-0.15, -0.1) is 0 Å². The summed E-state index contributed by atoms with van der Waals surface area (Å²) in [5.41, 5.74) is 2.39. The number of nitrogens with one attached hydrogen (secondary N) is 1. The number of Topliss-reactive ketones (excluding diaryl/α,β-unsaturated/α-hetero) is 1. The van der Waals surface area contributed by atoms with Crippen molar-refractivity contribution < 1.29 is 14.3 Å². The highest BCUT2D eigenvalue weighted by atomic mass is 16.5. The molecule has 5 nitrogen and oxygen atoms in total. The Labute approximate surface area is 118 Å². The highest BCUT2D eigenvalue weighted by Crippen LogP contribution is 2.27. The quantitative estimate of drug-likeness (QED) is 0.522. The zero-order chi connectivity index (χ0) is 14.7. The number of fused-ring (bicyclic) bond motifs is 1. The zero-order valence-corrected chi connectivity index (χ0v) is 12.2. The van der Waals surface area contributed by atoms with Gasteiger partial charge in [0.15, 0.2) is 5.78 Å². The van der Waals surface area contributed by atoms with Gasteiger partial charge in [0.25, 0.3) is 0 Å². The molecule has 0 spiro atoms. The van der Waals surface area contributed by atoms with Crippen molar-refractivity contribution in [1.82, 2.24) is 9.88 Å². The lowest BCUT2D eigenvalue weighted by atomic mass is 10.0. The predicted octanol–water partition coefficient (Wildman–Crippen LogP) is 2.16. The van der Waals surface area contributed by atoms with Crippen LogP contribution in [0.3, 0.4) is 0 Å². The molecule has 0 radical (unpaired) electrons. The first kappa shape index (κ1) is 14.4. The lowest BCUT2D eigenvalue weighted by Crippen LogP contribution is -2.13. The maximum absolute atomic E-state index is 12.6. The third-order valence-corrected chi connectivity index (χ3v) is 3.26. The molecule has 108 valence electrons. The van der Waals surface area contributed by atoms with E-state index in [1.54, 1.807) is 13.1 Å². The fraction of sp³-hybridized carbons (Fsp3) is 0.467. The Kier molecular flexibility index (Phi) is 4.27. The number of hydrogen-bond acceptors (Lipinski definition) is 4. The number of rotatable bonds is 3. The Balaban J connectivity index is 2.43. The van der Waals surface area contributed by atoms with Gasteiger partial charge in [0.2, 0.25) is 0 Å². The molecule has 5 heteroatoms. The zero-order valence-electron chi connectivity index (χ0n) is 12.2. The van der Waals surface area contributed by atoms with E-state index in [4.69, 9.17) is 4.74 Å². The standard InChI is InChI=1S/C15H20N2O3/c1-4-20-15(19)11-8-16-12-7-5-6-10(9-17(2)3)14(18)13(11)12/h8-9,16H,4-7H2,1-3H3/b10-9+. The maximum atomic E-state index is 12.6. The number of ketones is 1. The monoisotopic (exact) mass is 276 g/mol. The predicted molar refractivity (Wildman–Crippen MR) is 75.8 cm³/mol. The summed E-state index contributed by atoms with van der Waals surface area (Å²) in [7, 11) is 3.77. The molecule has 2 rings (SSSR count). The molecule has 0 aliphatic heterocycles. The maximum Gasteiger partial charge on any atom is 0.340 e. The molecule has 0 bridgehead atoms. The Hall–Kier alpha value is -2.04. The third-order valence-electron chi connectivity index (χ3n) is 3.26. The van der Waals surface area contributed by atoms with E-state index in [2.05, 4.69) is 4.98 Å². The van der Waals surface area contributed by atoms with E-state index >= 15 is 0 Å². The first-order valence-electron chi connectivity index (χ1n) is 6.83. The Morgan fingerprint density at radius 1 is 1.45 bits per heavy atom. The first-order valence-corrected chi connectivity index (χ1v) is 6.83. The second kappa shape index (κ2) is 5.94. The van der Waals surface area contributed by atoms with Gasteiger partial charge in [-0.2, -0.15) is 0 Å². The number of carbonyl (C=O) groups excluding carboxylic acids is 2. The summed E-state index contributed by atoms with van der Waals surface area (Å²) in [6, 6.07) is 0. The number of nitrogens with zero attached hydrogens (tertiary/aromatic N) is 1. The lowest BCUT2D eigenvalue weighted by molar-refractivity contribution is 0.0524. The topological polar surface area (TPSA) is 62.4 Å². The van der Waals surface area contributed by atoms with Crippen molar-refractivity contribution in [2.45, 2.75) is 26.2 Å². The molecule has 0 unspecified atom stereocenters. The van der Waals surface area contributed by atoms with Crippen LogP contribution in [0.4, 0.5) is 0 Å². The van der Waals surface area contributed by atoms with E-state index in [0.717, 1.165) is 30.5 Å². The summed E-state index contributed by atoms with van der Waals surface area (Å²) in [6.45, 7) is 2.05. The number of carbonyl (C=O) groups is 2. The lowest BCUT2D eigenvalue weighted by Gasteiger charge is -2.10. The van der Waals surface area contributed by atoms with E-state index in [1.165, 1.54) is 0 Å². The molecular formula is C15H20N2O3. The first-order chi connectivity index (χ1) is 9.54. The number of ether oxygens (including phenoxy) is 1. The van der Waals surface area contributed by atoms with Crippen LogP contribution in [0, 0.1) is 0 Å². The minimum Gasteiger partial charge on any atom is -0.462 e. The molecule has 1 aliphatic carbocycles. The van der Waals surface area contributed by atoms with Crippen LogP contribution in [0.1, 0.15) is 46.2 Å². The van der Waals surface area contributed by atoms with Crippen molar-refractivity contribution in [1.29, 1.82) is 0 Å². The molecule has 0 amide bonds. The average Bonchev–Trinajstić information content (AvgIpc) is 2.74. The minimum atomic E-state index is -0.440. The number of hydrogen-bond donors (Lipinski definition) is 1. The molecular weight excluding hydrogens is 256 g/mol. The highest BCUT2D eigenvalue weighted by Gasteiger charge is 2.28. The van der Waals surface area contributed by atoms with Crippen LogP contribution in [0.25, 0.3) is 0 Å². The Bertz CT molecular complexity index is 555. The minimum absolute atomic E-state index is 0.0736. The van der Waals surface area contributed by atoms with Gasteiger partial charge >= 0.3 is 5.97 Å². The number of H-pyrrole nitrogens is 1. The number of aryl methyl sites for hydroxylation is 1. The molecule has 1 N–H and O–H groups in total. The van der Waals surface area contributed by atoms with Crippen LogP contribution < -0.4 is 0 Å². The van der Waals surface area contributed by atoms with Gasteiger partial charge in [0.05, 0.1) is 17.7 Å². The van der Waals surface area contributed by atoms with Crippen molar-refractivity contribution >= 4 is 11.8 Å². The van der Waals surface area contributed by atoms with E-state index in [9.17, 15) is 9.59 Å². The molecule has 1 aromatic heterocycles. The Morgan fingerprint density at radius 3 is 2.85 bits per heavy atom. The molecule has 0 atom stereocenters. The fourth-order valence-electron chi connectivity index (χ4n) is 2.46. The van der Waals surface area contributed by atoms with Gasteiger partial charge in [-0.25, -0.2) is 4.79 Å². The van der Waals surface area contributed by atoms with E-state index in [-0.39, 0.29) is 5.78 Å². The number of aromatic nitrogens is 1. The molecule has 0 saturated heterocycles. The molecule has 1 heterocycles. The summed E-state index contributed by atoms with van der Waals surface area (Å²) in [4.78, 5) is 29.5. The largest absolute Gasteiger partial charge is 0.462 e. The highest BCUT2D eigenvalue weighted by molar-refractivity contribution is 6.15. The van der Waals surface area contributed by atoms with Crippen LogP contribution in [0.15, 0.2) is 18.0 Å². The Morgan fingerprint density at radius 2 is 2.20 bits per heavy atom. The van der Waals surface area contributed by atoms with Crippen LogP contribution in [0.5, 0.6) is 0 Å². The van der Waals surface area contributed by atoms with Gasteiger partial charge in [-0.05, 0) is 26.2 Å². The number of allylic oxidation sites excluding steroid dienone is 1. The summed E-state index contributed by atoms with van der Waals surface area (Å²) >= 11 is 0. The summed E-state index contributed by atoms with van der Waals surface area (Å²) in [5, 5.41) is 0. The van der Waals surface area contributed by atoms with Crippen molar-refractivity contribution in [2.24, 2.45) is 0 Å². The summed E-state index contributed by atoms with van der Waals surface area (Å²) in [6.07, 6.45) is 5.80. The van der Waals surface area contributed by atoms with Crippen LogP contribution in [-0.4, -0.2) is 42.3 Å². The van der Waals surface area contributed by atoms with Crippen molar-refractivity contribution in [2.75, 3.05) is 20.7 Å². The summed E-state index contributed by atoms with van der Waals surface area (Å²) < 4.78 is 5.02. The van der Waals surface area contributed by atoms with Gasteiger partial charge in [0.1, 0.15) is 0 Å². The van der Waals surface area contributed by atoms with E-state index in [0.29, 0.717) is 17.7 Å². The second-order valence-electron chi connectivity index (χ2n) is 5.08.